The summed E-state index contributed by atoms with van der Waals surface area (Å²) in [4.78, 5) is 14.6. The molecule has 0 saturated carbocycles. The van der Waals surface area contributed by atoms with Gasteiger partial charge in [-0.1, -0.05) is 48.3 Å². The van der Waals surface area contributed by atoms with E-state index in [0.29, 0.717) is 29.4 Å². The zero-order valence-corrected chi connectivity index (χ0v) is 17.2. The second-order valence-electron chi connectivity index (χ2n) is 7.37. The Hall–Kier alpha value is -1.71. The predicted molar refractivity (Wildman–Crippen MR) is 114 cm³/mol. The van der Waals surface area contributed by atoms with Crippen molar-refractivity contribution in [2.24, 2.45) is 5.92 Å². The SMILES string of the molecule is CC1CCCN(c2ccc(CNC(=O)CCc3ccc(Cl)cc3Cl)cc2)C1. The van der Waals surface area contributed by atoms with Crippen LogP contribution in [-0.4, -0.2) is 19.0 Å². The fraction of sp³-hybridized carbons (Fsp3) is 0.409. The number of rotatable bonds is 6. The van der Waals surface area contributed by atoms with Gasteiger partial charge in [-0.05, 0) is 60.6 Å². The molecule has 1 heterocycles. The number of aryl methyl sites for hydroxylation is 1. The van der Waals surface area contributed by atoms with Crippen LogP contribution in [0.5, 0.6) is 0 Å². The highest BCUT2D eigenvalue weighted by Crippen LogP contribution is 2.24. The van der Waals surface area contributed by atoms with Crippen LogP contribution in [0.3, 0.4) is 0 Å². The first-order valence-electron chi connectivity index (χ1n) is 9.56. The molecule has 1 atom stereocenters. The van der Waals surface area contributed by atoms with Crippen molar-refractivity contribution >= 4 is 34.8 Å². The number of carbonyl (C=O) groups is 1. The summed E-state index contributed by atoms with van der Waals surface area (Å²) in [6.45, 7) is 5.12. The lowest BCUT2D eigenvalue weighted by Gasteiger charge is -2.32. The molecule has 3 rings (SSSR count). The van der Waals surface area contributed by atoms with E-state index in [1.54, 1.807) is 12.1 Å². The molecule has 0 bridgehead atoms. The van der Waals surface area contributed by atoms with Crippen molar-refractivity contribution in [2.75, 3.05) is 18.0 Å². The standard InChI is InChI=1S/C22H26Cl2N2O/c1-16-3-2-12-26(15-16)20-9-4-17(5-10-20)14-25-22(27)11-7-18-6-8-19(23)13-21(18)24/h4-6,8-10,13,16H,2-3,7,11-12,14-15H2,1H3,(H,25,27). The zero-order chi connectivity index (χ0) is 19.2. The van der Waals surface area contributed by atoms with Gasteiger partial charge in [0.1, 0.15) is 0 Å². The highest BCUT2D eigenvalue weighted by atomic mass is 35.5. The van der Waals surface area contributed by atoms with Crippen molar-refractivity contribution in [3.63, 3.8) is 0 Å². The van der Waals surface area contributed by atoms with Crippen molar-refractivity contribution in [1.82, 2.24) is 5.32 Å². The molecule has 2 aromatic carbocycles. The van der Waals surface area contributed by atoms with Crippen LogP contribution < -0.4 is 10.2 Å². The van der Waals surface area contributed by atoms with E-state index in [9.17, 15) is 4.79 Å². The van der Waals surface area contributed by atoms with Crippen molar-refractivity contribution in [3.8, 4) is 0 Å². The maximum absolute atomic E-state index is 12.1. The summed E-state index contributed by atoms with van der Waals surface area (Å²) < 4.78 is 0. The lowest BCUT2D eigenvalue weighted by Crippen LogP contribution is -2.34. The molecule has 0 spiro atoms. The summed E-state index contributed by atoms with van der Waals surface area (Å²) in [7, 11) is 0. The topological polar surface area (TPSA) is 32.3 Å². The number of piperidine rings is 1. The van der Waals surface area contributed by atoms with E-state index >= 15 is 0 Å². The van der Waals surface area contributed by atoms with E-state index in [1.807, 2.05) is 6.07 Å². The molecule has 2 aromatic rings. The molecule has 27 heavy (non-hydrogen) atoms. The molecule has 0 radical (unpaired) electrons. The van der Waals surface area contributed by atoms with Gasteiger partial charge in [0, 0.05) is 41.8 Å². The van der Waals surface area contributed by atoms with Crippen LogP contribution in [0.15, 0.2) is 42.5 Å². The number of nitrogens with one attached hydrogen (secondary N) is 1. The van der Waals surface area contributed by atoms with Gasteiger partial charge in [0.2, 0.25) is 5.91 Å². The Morgan fingerprint density at radius 1 is 1.19 bits per heavy atom. The molecule has 1 aliphatic rings. The third kappa shape index (κ3) is 5.88. The summed E-state index contributed by atoms with van der Waals surface area (Å²) in [5.74, 6) is 0.779. The maximum atomic E-state index is 12.1. The van der Waals surface area contributed by atoms with Gasteiger partial charge in [-0.25, -0.2) is 0 Å². The summed E-state index contributed by atoms with van der Waals surface area (Å²) in [6, 6.07) is 13.9. The van der Waals surface area contributed by atoms with Crippen LogP contribution in [0, 0.1) is 5.92 Å². The number of carbonyl (C=O) groups excluding carboxylic acids is 1. The molecule has 0 aromatic heterocycles. The molecule has 1 N–H and O–H groups in total. The molecule has 0 aliphatic carbocycles. The Balaban J connectivity index is 1.46. The fourth-order valence-electron chi connectivity index (χ4n) is 3.51. The van der Waals surface area contributed by atoms with E-state index < -0.39 is 0 Å². The van der Waals surface area contributed by atoms with E-state index in [4.69, 9.17) is 23.2 Å². The van der Waals surface area contributed by atoms with Crippen LogP contribution in [0.4, 0.5) is 5.69 Å². The van der Waals surface area contributed by atoms with Crippen molar-refractivity contribution in [1.29, 1.82) is 0 Å². The highest BCUT2D eigenvalue weighted by molar-refractivity contribution is 6.35. The normalized spacial score (nSPS) is 17.0. The number of anilines is 1. The van der Waals surface area contributed by atoms with E-state index in [2.05, 4.69) is 41.4 Å². The molecule has 1 aliphatic heterocycles. The van der Waals surface area contributed by atoms with Crippen LogP contribution in [0.25, 0.3) is 0 Å². The minimum Gasteiger partial charge on any atom is -0.371 e. The molecule has 5 heteroatoms. The second kappa shape index (κ2) is 9.48. The number of amides is 1. The van der Waals surface area contributed by atoms with Crippen LogP contribution in [-0.2, 0) is 17.8 Å². The number of halogens is 2. The molecule has 1 amide bonds. The summed E-state index contributed by atoms with van der Waals surface area (Å²) in [5.41, 5.74) is 3.33. The molecular formula is C22H26Cl2N2O. The Labute approximate surface area is 171 Å². The van der Waals surface area contributed by atoms with Crippen LogP contribution in [0.1, 0.15) is 37.3 Å². The lowest BCUT2D eigenvalue weighted by atomic mass is 9.99. The van der Waals surface area contributed by atoms with Gasteiger partial charge in [-0.2, -0.15) is 0 Å². The highest BCUT2D eigenvalue weighted by Gasteiger charge is 2.16. The lowest BCUT2D eigenvalue weighted by molar-refractivity contribution is -0.121. The molecule has 1 fully saturated rings. The van der Waals surface area contributed by atoms with E-state index in [-0.39, 0.29) is 5.91 Å². The number of hydrogen-bond donors (Lipinski definition) is 1. The number of hydrogen-bond acceptors (Lipinski definition) is 2. The average molecular weight is 405 g/mol. The Bertz CT molecular complexity index is 776. The third-order valence-electron chi connectivity index (χ3n) is 5.08. The van der Waals surface area contributed by atoms with Crippen molar-refractivity contribution in [2.45, 2.75) is 39.2 Å². The minimum absolute atomic E-state index is 0.0231. The van der Waals surface area contributed by atoms with Crippen LogP contribution >= 0.6 is 23.2 Å². The van der Waals surface area contributed by atoms with Gasteiger partial charge < -0.3 is 10.2 Å². The van der Waals surface area contributed by atoms with E-state index in [1.165, 1.54) is 18.5 Å². The fourth-order valence-corrected chi connectivity index (χ4v) is 4.01. The Morgan fingerprint density at radius 3 is 2.67 bits per heavy atom. The first-order valence-corrected chi connectivity index (χ1v) is 10.3. The Kier molecular flexibility index (Phi) is 7.03. The van der Waals surface area contributed by atoms with Gasteiger partial charge >= 0.3 is 0 Å². The van der Waals surface area contributed by atoms with Gasteiger partial charge in [-0.3, -0.25) is 4.79 Å². The quantitative estimate of drug-likeness (QED) is 0.690. The summed E-state index contributed by atoms with van der Waals surface area (Å²) in [5, 5.41) is 4.20. The third-order valence-corrected chi connectivity index (χ3v) is 5.67. The second-order valence-corrected chi connectivity index (χ2v) is 8.22. The van der Waals surface area contributed by atoms with Crippen molar-refractivity contribution in [3.05, 3.63) is 63.6 Å². The summed E-state index contributed by atoms with van der Waals surface area (Å²) >= 11 is 12.1. The first-order chi connectivity index (χ1) is 13.0. The van der Waals surface area contributed by atoms with Gasteiger partial charge in [0.05, 0.1) is 0 Å². The van der Waals surface area contributed by atoms with Crippen LogP contribution in [0.2, 0.25) is 10.0 Å². The van der Waals surface area contributed by atoms with Gasteiger partial charge in [0.15, 0.2) is 0 Å². The monoisotopic (exact) mass is 404 g/mol. The largest absolute Gasteiger partial charge is 0.371 e. The molecule has 1 saturated heterocycles. The molecule has 1 unspecified atom stereocenters. The van der Waals surface area contributed by atoms with Gasteiger partial charge in [-0.15, -0.1) is 0 Å². The molecule has 144 valence electrons. The van der Waals surface area contributed by atoms with Gasteiger partial charge in [0.25, 0.3) is 0 Å². The molecular weight excluding hydrogens is 379 g/mol. The Morgan fingerprint density at radius 2 is 1.96 bits per heavy atom. The predicted octanol–water partition coefficient (Wildman–Crippen LogP) is 5.48. The summed E-state index contributed by atoms with van der Waals surface area (Å²) in [6.07, 6.45) is 3.59. The number of nitrogens with zero attached hydrogens (tertiary/aromatic N) is 1. The smallest absolute Gasteiger partial charge is 0.220 e. The zero-order valence-electron chi connectivity index (χ0n) is 15.7. The van der Waals surface area contributed by atoms with E-state index in [0.717, 1.165) is 30.1 Å². The maximum Gasteiger partial charge on any atom is 0.220 e. The average Bonchev–Trinajstić information content (AvgIpc) is 2.66. The number of benzene rings is 2. The first kappa shape index (κ1) is 20.0. The van der Waals surface area contributed by atoms with Crippen molar-refractivity contribution < 1.29 is 4.79 Å². The molecule has 3 nitrogen and oxygen atoms in total. The minimum atomic E-state index is 0.0231.